The largest absolute Gasteiger partial charge is 0.457 e. The molecule has 0 heterocycles. The lowest BCUT2D eigenvalue weighted by Gasteiger charge is -2.08. The molecule has 1 atom stereocenters. The molecule has 0 aliphatic heterocycles. The Balaban J connectivity index is 1.75. The van der Waals surface area contributed by atoms with E-state index in [1.165, 1.54) is 17.4 Å². The molecule has 0 saturated carbocycles. The van der Waals surface area contributed by atoms with Crippen LogP contribution >= 0.6 is 0 Å². The van der Waals surface area contributed by atoms with Crippen molar-refractivity contribution in [2.75, 3.05) is 12.8 Å². The first kappa shape index (κ1) is 18.6. The number of sulfone groups is 1. The van der Waals surface area contributed by atoms with Crippen molar-refractivity contribution in [3.63, 3.8) is 0 Å². The maximum Gasteiger partial charge on any atom is 0.185 e. The van der Waals surface area contributed by atoms with E-state index in [4.69, 9.17) is 10.3 Å². The van der Waals surface area contributed by atoms with E-state index in [-0.39, 0.29) is 10.9 Å². The van der Waals surface area contributed by atoms with Gasteiger partial charge in [0.1, 0.15) is 11.5 Å². The van der Waals surface area contributed by atoms with Crippen molar-refractivity contribution in [2.45, 2.75) is 37.6 Å². The standard InChI is InChI=1S/C20H25N2O3S/c1-14(2)13-22(21)17-9-15-7-8-19(11-16(15)10-17)25-18-5-4-6-20(12-18)26(3,23)24/h4-8,11-12,14,17,21H,9-10,13H2,1-3H3/q+1. The second kappa shape index (κ2) is 7.19. The third kappa shape index (κ3) is 4.30. The molecule has 138 valence electrons. The van der Waals surface area contributed by atoms with Gasteiger partial charge in [-0.25, -0.2) is 8.42 Å². The van der Waals surface area contributed by atoms with E-state index >= 15 is 0 Å². The van der Waals surface area contributed by atoms with Gasteiger partial charge in [-0.15, -0.1) is 4.70 Å². The Morgan fingerprint density at radius 1 is 1.12 bits per heavy atom. The smallest absolute Gasteiger partial charge is 0.185 e. The van der Waals surface area contributed by atoms with Crippen molar-refractivity contribution in [2.24, 2.45) is 5.92 Å². The van der Waals surface area contributed by atoms with Crippen molar-refractivity contribution in [3.8, 4) is 11.5 Å². The Labute approximate surface area is 155 Å². The summed E-state index contributed by atoms with van der Waals surface area (Å²) in [5.41, 5.74) is 10.7. The second-order valence-electron chi connectivity index (χ2n) is 7.39. The van der Waals surface area contributed by atoms with E-state index in [1.54, 1.807) is 29.0 Å². The quantitative estimate of drug-likeness (QED) is 0.613. The minimum absolute atomic E-state index is 0.205. The zero-order valence-corrected chi connectivity index (χ0v) is 16.2. The Kier molecular flexibility index (Phi) is 5.14. The van der Waals surface area contributed by atoms with E-state index in [1.807, 2.05) is 18.2 Å². The second-order valence-corrected chi connectivity index (χ2v) is 9.40. The van der Waals surface area contributed by atoms with Crippen LogP contribution in [0, 0.1) is 11.4 Å². The Morgan fingerprint density at radius 2 is 1.81 bits per heavy atom. The summed E-state index contributed by atoms with van der Waals surface area (Å²) in [5.74, 6) is 1.66. The van der Waals surface area contributed by atoms with Crippen LogP contribution in [0.25, 0.3) is 0 Å². The first-order chi connectivity index (χ1) is 12.2. The highest BCUT2D eigenvalue weighted by molar-refractivity contribution is 7.90. The monoisotopic (exact) mass is 373 g/mol. The molecule has 0 aromatic heterocycles. The lowest BCUT2D eigenvalue weighted by Crippen LogP contribution is -2.27. The van der Waals surface area contributed by atoms with Gasteiger partial charge < -0.3 is 4.74 Å². The number of hydrogen-bond donors (Lipinski definition) is 1. The van der Waals surface area contributed by atoms with Gasteiger partial charge in [0.15, 0.2) is 22.4 Å². The number of rotatable bonds is 6. The van der Waals surface area contributed by atoms with Crippen LogP contribution in [0.4, 0.5) is 0 Å². The van der Waals surface area contributed by atoms with Crippen molar-refractivity contribution in [3.05, 3.63) is 53.6 Å². The van der Waals surface area contributed by atoms with E-state index in [2.05, 4.69) is 13.8 Å². The average molecular weight is 373 g/mol. The van der Waals surface area contributed by atoms with Crippen LogP contribution in [-0.4, -0.2) is 32.0 Å². The average Bonchev–Trinajstić information content (AvgIpc) is 2.97. The van der Waals surface area contributed by atoms with Gasteiger partial charge in [-0.1, -0.05) is 31.5 Å². The summed E-state index contributed by atoms with van der Waals surface area (Å²) in [6.07, 6.45) is 2.91. The number of nitrogens with zero attached hydrogens (tertiary/aromatic N) is 1. The number of nitrogens with one attached hydrogen (secondary N) is 1. The van der Waals surface area contributed by atoms with Crippen LogP contribution in [0.5, 0.6) is 11.5 Å². The number of benzene rings is 2. The minimum atomic E-state index is -3.26. The molecule has 3 rings (SSSR count). The highest BCUT2D eigenvalue weighted by Crippen LogP contribution is 2.31. The Morgan fingerprint density at radius 3 is 2.50 bits per heavy atom. The third-order valence-corrected chi connectivity index (χ3v) is 5.67. The molecule has 0 bridgehead atoms. The van der Waals surface area contributed by atoms with Gasteiger partial charge in [0.05, 0.1) is 4.90 Å². The van der Waals surface area contributed by atoms with Gasteiger partial charge in [0.2, 0.25) is 0 Å². The van der Waals surface area contributed by atoms with Crippen LogP contribution in [0.2, 0.25) is 0 Å². The Bertz CT molecular complexity index is 936. The third-order valence-electron chi connectivity index (χ3n) is 4.56. The normalized spacial score (nSPS) is 16.5. The lowest BCUT2D eigenvalue weighted by molar-refractivity contribution is -0.651. The number of ether oxygens (including phenoxy) is 1. The topological polar surface area (TPSA) is 70.2 Å². The zero-order chi connectivity index (χ0) is 18.9. The molecule has 0 fully saturated rings. The van der Waals surface area contributed by atoms with Crippen molar-refractivity contribution < 1.29 is 17.9 Å². The molecule has 1 unspecified atom stereocenters. The molecule has 2 aromatic rings. The summed E-state index contributed by atoms with van der Waals surface area (Å²) in [4.78, 5) is 0.245. The highest BCUT2D eigenvalue weighted by Gasteiger charge is 2.31. The summed E-state index contributed by atoms with van der Waals surface area (Å²) < 4.78 is 30.9. The van der Waals surface area contributed by atoms with Gasteiger partial charge in [0.25, 0.3) is 0 Å². The van der Waals surface area contributed by atoms with Gasteiger partial charge in [-0.05, 0) is 41.5 Å². The molecular formula is C20H25N2O3S+. The predicted octanol–water partition coefficient (Wildman–Crippen LogP) is 4.05. The van der Waals surface area contributed by atoms with Gasteiger partial charge in [-0.3, -0.25) is 0 Å². The fourth-order valence-electron chi connectivity index (χ4n) is 3.30. The lowest BCUT2D eigenvalue weighted by atomic mass is 10.1. The summed E-state index contributed by atoms with van der Waals surface area (Å²) in [6.45, 7) is 5.01. The SMILES string of the molecule is CC(C)C[N+](=N)C1Cc2ccc(Oc3cccc(S(C)(=O)=O)c3)cc2C1. The van der Waals surface area contributed by atoms with Crippen LogP contribution in [0.15, 0.2) is 47.4 Å². The molecule has 26 heavy (non-hydrogen) atoms. The molecule has 0 amide bonds. The zero-order valence-electron chi connectivity index (χ0n) is 15.4. The number of hydrogen-bond acceptors (Lipinski definition) is 4. The molecule has 1 aliphatic rings. The van der Waals surface area contributed by atoms with E-state index < -0.39 is 9.84 Å². The molecule has 6 heteroatoms. The summed E-state index contributed by atoms with van der Waals surface area (Å²) >= 11 is 0. The van der Waals surface area contributed by atoms with Crippen LogP contribution in [0.3, 0.4) is 0 Å². The summed E-state index contributed by atoms with van der Waals surface area (Å²) in [6, 6.07) is 12.7. The fraction of sp³-hybridized carbons (Fsp3) is 0.400. The molecule has 0 spiro atoms. The molecule has 0 saturated heterocycles. The van der Waals surface area contributed by atoms with Crippen LogP contribution in [-0.2, 0) is 22.7 Å². The molecular weight excluding hydrogens is 348 g/mol. The van der Waals surface area contributed by atoms with Crippen LogP contribution in [0.1, 0.15) is 25.0 Å². The van der Waals surface area contributed by atoms with Crippen molar-refractivity contribution in [1.29, 1.82) is 5.53 Å². The molecule has 5 nitrogen and oxygen atoms in total. The molecule has 0 radical (unpaired) electrons. The van der Waals surface area contributed by atoms with Gasteiger partial charge >= 0.3 is 0 Å². The van der Waals surface area contributed by atoms with E-state index in [0.29, 0.717) is 17.4 Å². The minimum Gasteiger partial charge on any atom is -0.457 e. The fourth-order valence-corrected chi connectivity index (χ4v) is 3.96. The first-order valence-corrected chi connectivity index (χ1v) is 10.7. The highest BCUT2D eigenvalue weighted by atomic mass is 32.2. The maximum absolute atomic E-state index is 11.7. The maximum atomic E-state index is 11.7. The van der Waals surface area contributed by atoms with E-state index in [0.717, 1.165) is 19.4 Å². The van der Waals surface area contributed by atoms with Crippen LogP contribution < -0.4 is 4.74 Å². The molecule has 1 aliphatic carbocycles. The number of fused-ring (bicyclic) bond motifs is 1. The summed E-state index contributed by atoms with van der Waals surface area (Å²) in [7, 11) is -3.26. The van der Waals surface area contributed by atoms with Gasteiger partial charge in [0, 0.05) is 25.0 Å². The van der Waals surface area contributed by atoms with E-state index in [9.17, 15) is 8.42 Å². The molecule has 1 N–H and O–H groups in total. The van der Waals surface area contributed by atoms with Gasteiger partial charge in [-0.2, -0.15) is 0 Å². The summed E-state index contributed by atoms with van der Waals surface area (Å²) in [5, 5.41) is 0. The predicted molar refractivity (Wildman–Crippen MR) is 99.9 cm³/mol. The Hall–Kier alpha value is -2.21. The van der Waals surface area contributed by atoms with Crippen molar-refractivity contribution in [1.82, 2.24) is 0 Å². The molecule has 2 aromatic carbocycles. The first-order valence-electron chi connectivity index (χ1n) is 8.80. The van der Waals surface area contributed by atoms with Crippen molar-refractivity contribution >= 4 is 9.84 Å².